The van der Waals surface area contributed by atoms with Crippen molar-refractivity contribution in [1.29, 1.82) is 0 Å². The highest BCUT2D eigenvalue weighted by molar-refractivity contribution is 5.74. The fourth-order valence-corrected chi connectivity index (χ4v) is 1.32. The van der Waals surface area contributed by atoms with Crippen LogP contribution in [0.2, 0.25) is 0 Å². The molecule has 1 saturated carbocycles. The van der Waals surface area contributed by atoms with Gasteiger partial charge < -0.3 is 16.7 Å². The molecule has 1 heterocycles. The van der Waals surface area contributed by atoms with Crippen molar-refractivity contribution in [3.63, 3.8) is 0 Å². The predicted octanol–water partition coefficient (Wildman–Crippen LogP) is -1.24. The van der Waals surface area contributed by atoms with Crippen LogP contribution in [0, 0.1) is 5.92 Å². The molecule has 1 aliphatic carbocycles. The number of hydrogen-bond acceptors (Lipinski definition) is 5. The summed E-state index contributed by atoms with van der Waals surface area (Å²) in [5, 5.41) is 15.9. The first-order valence-electron chi connectivity index (χ1n) is 3.80. The molecule has 0 amide bonds. The van der Waals surface area contributed by atoms with Crippen molar-refractivity contribution in [1.82, 2.24) is 14.9 Å². The Bertz CT molecular complexity index is 360. The lowest BCUT2D eigenvalue weighted by molar-refractivity contribution is -0.138. The predicted molar refractivity (Wildman–Crippen MR) is 43.1 cm³/mol. The molecule has 5 N–H and O–H groups in total. The summed E-state index contributed by atoms with van der Waals surface area (Å²) in [6.45, 7) is 0. The van der Waals surface area contributed by atoms with Gasteiger partial charge >= 0.3 is 5.97 Å². The highest BCUT2D eigenvalue weighted by Gasteiger charge is 2.47. The third kappa shape index (κ3) is 1.08. The molecular weight excluding hydrogens is 174 g/mol. The third-order valence-corrected chi connectivity index (χ3v) is 2.19. The lowest BCUT2D eigenvalue weighted by atomic mass is 10.3. The van der Waals surface area contributed by atoms with Crippen LogP contribution in [0.5, 0.6) is 0 Å². The molecule has 0 spiro atoms. The summed E-state index contributed by atoms with van der Waals surface area (Å²) < 4.78 is 1.13. The number of rotatable bonds is 2. The minimum absolute atomic E-state index is 0.103. The molecule has 0 aliphatic heterocycles. The number of carboxylic acids is 1. The third-order valence-electron chi connectivity index (χ3n) is 2.19. The van der Waals surface area contributed by atoms with Gasteiger partial charge in [-0.15, -0.1) is 10.2 Å². The van der Waals surface area contributed by atoms with Gasteiger partial charge in [-0.3, -0.25) is 4.79 Å². The summed E-state index contributed by atoms with van der Waals surface area (Å²) in [6, 6.07) is 0. The molecule has 1 aromatic rings. The largest absolute Gasteiger partial charge is 0.481 e. The van der Waals surface area contributed by atoms with E-state index in [0.717, 1.165) is 4.68 Å². The Hall–Kier alpha value is -1.79. The van der Waals surface area contributed by atoms with Gasteiger partial charge in [-0.1, -0.05) is 0 Å². The van der Waals surface area contributed by atoms with E-state index in [4.69, 9.17) is 16.7 Å². The van der Waals surface area contributed by atoms with Crippen LogP contribution in [0.15, 0.2) is 0 Å². The quantitative estimate of drug-likeness (QED) is 0.493. The van der Waals surface area contributed by atoms with E-state index in [-0.39, 0.29) is 17.8 Å². The molecule has 0 saturated heterocycles. The van der Waals surface area contributed by atoms with E-state index in [1.807, 2.05) is 0 Å². The number of carbonyl (C=O) groups is 1. The topological polar surface area (TPSA) is 120 Å². The maximum absolute atomic E-state index is 10.5. The van der Waals surface area contributed by atoms with Crippen molar-refractivity contribution in [3.05, 3.63) is 5.82 Å². The second kappa shape index (κ2) is 2.35. The zero-order valence-electron chi connectivity index (χ0n) is 6.71. The number of nitrogen functional groups attached to an aromatic ring is 2. The average molecular weight is 183 g/mol. The Labute approximate surface area is 73.3 Å². The molecule has 2 rings (SSSR count). The number of aromatic nitrogens is 3. The first-order valence-corrected chi connectivity index (χ1v) is 3.80. The molecule has 1 aliphatic rings. The van der Waals surface area contributed by atoms with E-state index in [9.17, 15) is 4.79 Å². The van der Waals surface area contributed by atoms with Crippen LogP contribution in [-0.2, 0) is 4.79 Å². The highest BCUT2D eigenvalue weighted by Crippen LogP contribution is 2.46. The highest BCUT2D eigenvalue weighted by atomic mass is 16.4. The van der Waals surface area contributed by atoms with Crippen LogP contribution in [-0.4, -0.2) is 25.9 Å². The molecule has 1 aromatic heterocycles. The Morgan fingerprint density at radius 1 is 1.62 bits per heavy atom. The molecular formula is C6H9N5O2. The smallest absolute Gasteiger partial charge is 0.307 e. The zero-order chi connectivity index (χ0) is 9.59. The summed E-state index contributed by atoms with van der Waals surface area (Å²) in [6.07, 6.45) is 0.560. The fraction of sp³-hybridized carbons (Fsp3) is 0.500. The number of carboxylic acid groups (broad SMARTS) is 1. The van der Waals surface area contributed by atoms with Crippen molar-refractivity contribution in [3.8, 4) is 0 Å². The fourth-order valence-electron chi connectivity index (χ4n) is 1.32. The number of anilines is 1. The van der Waals surface area contributed by atoms with Gasteiger partial charge in [-0.05, 0) is 6.42 Å². The summed E-state index contributed by atoms with van der Waals surface area (Å²) in [5.74, 6) is 4.69. The molecule has 2 unspecified atom stereocenters. The Morgan fingerprint density at radius 3 is 2.69 bits per heavy atom. The molecule has 70 valence electrons. The van der Waals surface area contributed by atoms with E-state index < -0.39 is 5.97 Å². The van der Waals surface area contributed by atoms with Gasteiger partial charge in [0, 0.05) is 5.92 Å². The number of nitrogens with zero attached hydrogens (tertiary/aromatic N) is 3. The molecule has 0 radical (unpaired) electrons. The monoisotopic (exact) mass is 183 g/mol. The van der Waals surface area contributed by atoms with Crippen LogP contribution in [0.1, 0.15) is 18.2 Å². The van der Waals surface area contributed by atoms with Crippen LogP contribution in [0.25, 0.3) is 0 Å². The summed E-state index contributed by atoms with van der Waals surface area (Å²) in [7, 11) is 0. The van der Waals surface area contributed by atoms with Crippen LogP contribution in [0.3, 0.4) is 0 Å². The van der Waals surface area contributed by atoms with E-state index in [1.165, 1.54) is 0 Å². The minimum Gasteiger partial charge on any atom is -0.481 e. The van der Waals surface area contributed by atoms with Crippen LogP contribution < -0.4 is 11.6 Å². The van der Waals surface area contributed by atoms with Crippen molar-refractivity contribution >= 4 is 11.9 Å². The molecule has 0 bridgehead atoms. The SMILES string of the molecule is Nc1nnc(C2CC2C(=O)O)n1N. The van der Waals surface area contributed by atoms with Crippen LogP contribution in [0.4, 0.5) is 5.95 Å². The Balaban J connectivity index is 2.20. The zero-order valence-corrected chi connectivity index (χ0v) is 6.71. The van der Waals surface area contributed by atoms with Gasteiger partial charge in [-0.2, -0.15) is 0 Å². The number of nitrogens with two attached hydrogens (primary N) is 2. The second-order valence-electron chi connectivity index (χ2n) is 3.07. The van der Waals surface area contributed by atoms with Crippen molar-refractivity contribution in [2.45, 2.75) is 12.3 Å². The van der Waals surface area contributed by atoms with Gasteiger partial charge in [0.05, 0.1) is 5.92 Å². The molecule has 7 nitrogen and oxygen atoms in total. The van der Waals surface area contributed by atoms with Gasteiger partial charge in [0.1, 0.15) is 0 Å². The lowest BCUT2D eigenvalue weighted by Gasteiger charge is -1.97. The summed E-state index contributed by atoms with van der Waals surface area (Å²) >= 11 is 0. The number of hydrogen-bond donors (Lipinski definition) is 3. The molecule has 13 heavy (non-hydrogen) atoms. The van der Waals surface area contributed by atoms with Crippen molar-refractivity contribution < 1.29 is 9.90 Å². The van der Waals surface area contributed by atoms with E-state index in [0.29, 0.717) is 12.2 Å². The molecule has 7 heteroatoms. The Kier molecular flexibility index (Phi) is 1.42. The van der Waals surface area contributed by atoms with Crippen LogP contribution >= 0.6 is 0 Å². The number of aliphatic carboxylic acids is 1. The lowest BCUT2D eigenvalue weighted by Crippen LogP contribution is -2.15. The van der Waals surface area contributed by atoms with E-state index >= 15 is 0 Å². The van der Waals surface area contributed by atoms with Crippen molar-refractivity contribution in [2.24, 2.45) is 5.92 Å². The maximum atomic E-state index is 10.5. The molecule has 1 fully saturated rings. The Morgan fingerprint density at radius 2 is 2.31 bits per heavy atom. The van der Waals surface area contributed by atoms with E-state index in [1.54, 1.807) is 0 Å². The first kappa shape index (κ1) is 7.84. The van der Waals surface area contributed by atoms with Crippen molar-refractivity contribution in [2.75, 3.05) is 11.6 Å². The van der Waals surface area contributed by atoms with Gasteiger partial charge in [0.25, 0.3) is 0 Å². The summed E-state index contributed by atoms with van der Waals surface area (Å²) in [5.41, 5.74) is 5.34. The second-order valence-corrected chi connectivity index (χ2v) is 3.07. The van der Waals surface area contributed by atoms with Gasteiger partial charge in [-0.25, -0.2) is 4.68 Å². The maximum Gasteiger partial charge on any atom is 0.307 e. The standard InChI is InChI=1S/C6H9N5O2/c7-6-10-9-4(11(6)8)2-1-3(2)5(12)13/h2-3H,1,8H2,(H2,7,10)(H,12,13). The average Bonchev–Trinajstić information content (AvgIpc) is 2.78. The van der Waals surface area contributed by atoms with E-state index in [2.05, 4.69) is 10.2 Å². The normalized spacial score (nSPS) is 25.8. The minimum atomic E-state index is -0.827. The summed E-state index contributed by atoms with van der Waals surface area (Å²) in [4.78, 5) is 10.5. The molecule has 0 aromatic carbocycles. The van der Waals surface area contributed by atoms with Gasteiger partial charge in [0.15, 0.2) is 5.82 Å². The van der Waals surface area contributed by atoms with Gasteiger partial charge in [0.2, 0.25) is 5.95 Å². The first-order chi connectivity index (χ1) is 6.11. The molecule has 2 atom stereocenters.